The molecule has 4 rings (SSSR count). The van der Waals surface area contributed by atoms with Crippen LogP contribution in [-0.4, -0.2) is 65.0 Å². The molecule has 11 heteroatoms. The topological polar surface area (TPSA) is 146 Å². The number of amides is 1. The number of carbonyl (C=O) groups is 1. The molecule has 39 heavy (non-hydrogen) atoms. The molecule has 0 radical (unpaired) electrons. The molecule has 11 nitrogen and oxygen atoms in total. The van der Waals surface area contributed by atoms with Crippen molar-refractivity contribution in [3.8, 4) is 0 Å². The molecule has 4 saturated carbocycles. The number of nitrogens with one attached hydrogen (secondary N) is 2. The highest BCUT2D eigenvalue weighted by Crippen LogP contribution is 2.32. The molecule has 1 amide bonds. The second kappa shape index (κ2) is 14.2. The highest BCUT2D eigenvalue weighted by molar-refractivity contribution is 5.79. The summed E-state index contributed by atoms with van der Waals surface area (Å²) >= 11 is 0. The normalized spacial score (nSPS) is 39.5. The molecule has 222 valence electrons. The number of nitro groups is 2. The van der Waals surface area contributed by atoms with E-state index in [0.717, 1.165) is 64.2 Å². The average molecular weight is 553 g/mol. The molecule has 4 fully saturated rings. The molecule has 0 aliphatic heterocycles. The molecule has 0 aromatic rings. The third-order valence-electron chi connectivity index (χ3n) is 9.98. The van der Waals surface area contributed by atoms with E-state index in [-0.39, 0.29) is 58.0 Å². The molecule has 6 unspecified atom stereocenters. The average Bonchev–Trinajstić information content (AvgIpc) is 2.92. The van der Waals surface area contributed by atoms with Gasteiger partial charge in [0, 0.05) is 53.5 Å². The Labute approximate surface area is 231 Å². The van der Waals surface area contributed by atoms with E-state index < -0.39 is 12.1 Å². The number of nitrogens with zero attached hydrogens (tertiary/aromatic N) is 2. The summed E-state index contributed by atoms with van der Waals surface area (Å²) < 4.78 is 12.5. The maximum absolute atomic E-state index is 12.9. The molecular weight excluding hydrogens is 504 g/mol. The summed E-state index contributed by atoms with van der Waals surface area (Å²) in [4.78, 5) is 34.9. The Balaban J connectivity index is 1.09. The molecule has 0 aromatic heterocycles. The lowest BCUT2D eigenvalue weighted by Gasteiger charge is -2.36. The van der Waals surface area contributed by atoms with Crippen LogP contribution in [0.1, 0.15) is 104 Å². The zero-order valence-corrected chi connectivity index (χ0v) is 23.6. The third-order valence-corrected chi connectivity index (χ3v) is 9.98. The first-order valence-electron chi connectivity index (χ1n) is 15.3. The lowest BCUT2D eigenvalue weighted by atomic mass is 9.81. The predicted octanol–water partition coefficient (Wildman–Crippen LogP) is 4.22. The number of hydrogen-bond donors (Lipinski definition) is 2. The van der Waals surface area contributed by atoms with Gasteiger partial charge in [-0.25, -0.2) is 0 Å². The first-order valence-corrected chi connectivity index (χ1v) is 15.3. The van der Waals surface area contributed by atoms with Crippen molar-refractivity contribution >= 4 is 5.91 Å². The highest BCUT2D eigenvalue weighted by atomic mass is 16.6. The van der Waals surface area contributed by atoms with Crippen LogP contribution in [0.15, 0.2) is 0 Å². The summed E-state index contributed by atoms with van der Waals surface area (Å²) in [6.07, 6.45) is 11.7. The van der Waals surface area contributed by atoms with E-state index in [1.807, 2.05) is 0 Å². The SMILES string of the molecule is CC1CCC([N+](=O)[O-])CC1NCOC1CCC(OC2CCC(C(=O)NC3CC([N+](=O)[O-])CCC3C)CC2)CC1. The Morgan fingerprint density at radius 2 is 1.21 bits per heavy atom. The molecule has 4 aliphatic carbocycles. The second-order valence-electron chi connectivity index (χ2n) is 12.7. The van der Waals surface area contributed by atoms with E-state index >= 15 is 0 Å². The highest BCUT2D eigenvalue weighted by Gasteiger charge is 2.37. The van der Waals surface area contributed by atoms with Crippen LogP contribution in [0.5, 0.6) is 0 Å². The zero-order valence-electron chi connectivity index (χ0n) is 23.6. The number of rotatable bonds is 10. The van der Waals surface area contributed by atoms with Gasteiger partial charge in [-0.15, -0.1) is 0 Å². The van der Waals surface area contributed by atoms with E-state index in [2.05, 4.69) is 24.5 Å². The Morgan fingerprint density at radius 3 is 1.77 bits per heavy atom. The number of hydrogen-bond acceptors (Lipinski definition) is 8. The van der Waals surface area contributed by atoms with Gasteiger partial charge >= 0.3 is 0 Å². The van der Waals surface area contributed by atoms with Crippen molar-refractivity contribution in [3.05, 3.63) is 20.2 Å². The summed E-state index contributed by atoms with van der Waals surface area (Å²) in [6.45, 7) is 4.67. The van der Waals surface area contributed by atoms with Crippen LogP contribution in [-0.2, 0) is 14.3 Å². The number of carbonyl (C=O) groups excluding carboxylic acids is 1. The smallest absolute Gasteiger partial charge is 0.223 e. The van der Waals surface area contributed by atoms with Crippen LogP contribution in [0.2, 0.25) is 0 Å². The second-order valence-corrected chi connectivity index (χ2v) is 12.7. The summed E-state index contributed by atoms with van der Waals surface area (Å²) in [7, 11) is 0. The standard InChI is InChI=1S/C28H48N4O7/c1-18-3-7-21(31(34)35)15-26(18)29-17-38-23-11-13-25(14-12-23)39-24-9-5-20(6-10-24)28(33)30-27-16-22(32(36)37)8-4-19(27)2/h18-27,29H,3-17H2,1-2H3,(H,30,33). The summed E-state index contributed by atoms with van der Waals surface area (Å²) in [5, 5.41) is 28.9. The van der Waals surface area contributed by atoms with Crippen molar-refractivity contribution in [2.45, 2.75) is 146 Å². The van der Waals surface area contributed by atoms with Crippen LogP contribution in [0.4, 0.5) is 0 Å². The van der Waals surface area contributed by atoms with Gasteiger partial charge in [0.05, 0.1) is 25.0 Å². The molecule has 0 bridgehead atoms. The molecule has 0 aromatic carbocycles. The molecule has 0 spiro atoms. The van der Waals surface area contributed by atoms with E-state index in [0.29, 0.717) is 38.3 Å². The fourth-order valence-corrected chi connectivity index (χ4v) is 7.11. The van der Waals surface area contributed by atoms with Crippen LogP contribution < -0.4 is 10.6 Å². The number of ether oxygens (including phenoxy) is 2. The largest absolute Gasteiger partial charge is 0.375 e. The fourth-order valence-electron chi connectivity index (χ4n) is 7.11. The first kappa shape index (κ1) is 30.1. The van der Waals surface area contributed by atoms with E-state index in [9.17, 15) is 25.0 Å². The van der Waals surface area contributed by atoms with Crippen LogP contribution in [0, 0.1) is 38.0 Å². The van der Waals surface area contributed by atoms with Gasteiger partial charge in [0.2, 0.25) is 18.0 Å². The van der Waals surface area contributed by atoms with Gasteiger partial charge in [-0.05, 0) is 76.0 Å². The van der Waals surface area contributed by atoms with Crippen molar-refractivity contribution < 1.29 is 24.1 Å². The van der Waals surface area contributed by atoms with Crippen molar-refractivity contribution in [2.24, 2.45) is 17.8 Å². The molecule has 2 N–H and O–H groups in total. The van der Waals surface area contributed by atoms with E-state index in [1.54, 1.807) is 0 Å². The minimum Gasteiger partial charge on any atom is -0.375 e. The van der Waals surface area contributed by atoms with Crippen molar-refractivity contribution in [1.29, 1.82) is 0 Å². The molecule has 0 saturated heterocycles. The van der Waals surface area contributed by atoms with Crippen molar-refractivity contribution in [2.75, 3.05) is 6.73 Å². The minimum atomic E-state index is -0.545. The van der Waals surface area contributed by atoms with E-state index in [4.69, 9.17) is 9.47 Å². The zero-order chi connectivity index (χ0) is 27.9. The summed E-state index contributed by atoms with van der Waals surface area (Å²) in [6, 6.07) is -0.960. The lowest BCUT2D eigenvalue weighted by molar-refractivity contribution is -0.527. The molecular formula is C28H48N4O7. The van der Waals surface area contributed by atoms with Gasteiger partial charge in [-0.2, -0.15) is 0 Å². The van der Waals surface area contributed by atoms with Gasteiger partial charge in [-0.1, -0.05) is 13.8 Å². The summed E-state index contributed by atoms with van der Waals surface area (Å²) in [5.41, 5.74) is 0. The third kappa shape index (κ3) is 8.57. The monoisotopic (exact) mass is 552 g/mol. The lowest BCUT2D eigenvalue weighted by Crippen LogP contribution is -2.48. The Kier molecular flexibility index (Phi) is 10.9. The van der Waals surface area contributed by atoms with Crippen LogP contribution >= 0.6 is 0 Å². The van der Waals surface area contributed by atoms with Gasteiger partial charge in [0.15, 0.2) is 0 Å². The van der Waals surface area contributed by atoms with Gasteiger partial charge in [0.1, 0.15) is 0 Å². The van der Waals surface area contributed by atoms with Gasteiger partial charge < -0.3 is 14.8 Å². The van der Waals surface area contributed by atoms with Crippen molar-refractivity contribution in [1.82, 2.24) is 10.6 Å². The van der Waals surface area contributed by atoms with Gasteiger partial charge in [0.25, 0.3) is 0 Å². The Bertz CT molecular complexity index is 829. The summed E-state index contributed by atoms with van der Waals surface area (Å²) in [5.74, 6) is 0.720. The molecule has 0 heterocycles. The molecule has 6 atom stereocenters. The van der Waals surface area contributed by atoms with Crippen LogP contribution in [0.25, 0.3) is 0 Å². The quantitative estimate of drug-likeness (QED) is 0.233. The van der Waals surface area contributed by atoms with Gasteiger partial charge in [-0.3, -0.25) is 30.3 Å². The Morgan fingerprint density at radius 1 is 0.718 bits per heavy atom. The van der Waals surface area contributed by atoms with E-state index in [1.165, 1.54) is 0 Å². The van der Waals surface area contributed by atoms with Crippen LogP contribution in [0.3, 0.4) is 0 Å². The predicted molar refractivity (Wildman–Crippen MR) is 145 cm³/mol. The maximum atomic E-state index is 12.9. The first-order chi connectivity index (χ1) is 18.7. The maximum Gasteiger partial charge on any atom is 0.223 e. The Hall–Kier alpha value is -1.85. The van der Waals surface area contributed by atoms with Crippen molar-refractivity contribution in [3.63, 3.8) is 0 Å². The molecule has 4 aliphatic rings. The minimum absolute atomic E-state index is 0.0304. The fraction of sp³-hybridized carbons (Fsp3) is 0.964.